The molecule has 140 valence electrons. The monoisotopic (exact) mass is 364 g/mol. The molecule has 1 atom stereocenters. The van der Waals surface area contributed by atoms with Gasteiger partial charge in [-0.1, -0.05) is 13.0 Å². The van der Waals surface area contributed by atoms with Gasteiger partial charge in [-0.25, -0.2) is 13.1 Å². The van der Waals surface area contributed by atoms with E-state index in [0.29, 0.717) is 12.3 Å². The molecule has 25 heavy (non-hydrogen) atoms. The Morgan fingerprint density at radius 2 is 1.84 bits per heavy atom. The van der Waals surface area contributed by atoms with E-state index in [4.69, 9.17) is 0 Å². The number of benzene rings is 1. The summed E-state index contributed by atoms with van der Waals surface area (Å²) < 4.78 is 27.3. The van der Waals surface area contributed by atoms with Crippen molar-refractivity contribution in [2.75, 3.05) is 11.9 Å². The van der Waals surface area contributed by atoms with Crippen molar-refractivity contribution in [3.63, 3.8) is 0 Å². The summed E-state index contributed by atoms with van der Waals surface area (Å²) in [5.41, 5.74) is 4.26. The van der Waals surface area contributed by atoms with E-state index in [2.05, 4.69) is 28.2 Å². The molecule has 0 saturated heterocycles. The van der Waals surface area contributed by atoms with Crippen molar-refractivity contribution in [2.24, 2.45) is 5.92 Å². The Kier molecular flexibility index (Phi) is 6.05. The number of nitrogens with one attached hydrogen (secondary N) is 2. The van der Waals surface area contributed by atoms with Crippen LogP contribution in [0.4, 0.5) is 5.69 Å². The van der Waals surface area contributed by atoms with E-state index in [1.165, 1.54) is 36.1 Å². The summed E-state index contributed by atoms with van der Waals surface area (Å²) in [6, 6.07) is 6.91. The van der Waals surface area contributed by atoms with Gasteiger partial charge in [-0.05, 0) is 87.5 Å². The van der Waals surface area contributed by atoms with Gasteiger partial charge in [-0.2, -0.15) is 0 Å². The van der Waals surface area contributed by atoms with Gasteiger partial charge in [0, 0.05) is 18.3 Å². The minimum Gasteiger partial charge on any atom is -0.385 e. The zero-order valence-electron chi connectivity index (χ0n) is 15.6. The molecule has 0 spiro atoms. The van der Waals surface area contributed by atoms with Gasteiger partial charge in [0.15, 0.2) is 0 Å². The second-order valence-electron chi connectivity index (χ2n) is 7.82. The molecule has 3 rings (SSSR count). The number of fused-ring (bicyclic) bond motifs is 1. The predicted molar refractivity (Wildman–Crippen MR) is 105 cm³/mol. The summed E-state index contributed by atoms with van der Waals surface area (Å²) >= 11 is 0. The van der Waals surface area contributed by atoms with Crippen molar-refractivity contribution in [3.05, 3.63) is 29.3 Å². The standard InChI is InChI=1S/C20H32N2O2S/c1-3-15(2)25(23,24)22-19-10-7-16(8-11-19)14-21-20-12-9-17-5-4-6-18(17)13-20/h9,12-13,15-16,19,21-22H,3-8,10-11,14H2,1-2H3. The maximum Gasteiger partial charge on any atom is 0.214 e. The fraction of sp³-hybridized carbons (Fsp3) is 0.700. The molecule has 1 aromatic rings. The molecule has 1 fully saturated rings. The summed E-state index contributed by atoms with van der Waals surface area (Å²) in [5, 5.41) is 3.30. The van der Waals surface area contributed by atoms with Gasteiger partial charge in [0.1, 0.15) is 0 Å². The number of sulfonamides is 1. The molecule has 5 heteroatoms. The van der Waals surface area contributed by atoms with Gasteiger partial charge < -0.3 is 5.32 Å². The van der Waals surface area contributed by atoms with E-state index < -0.39 is 10.0 Å². The zero-order valence-corrected chi connectivity index (χ0v) is 16.4. The highest BCUT2D eigenvalue weighted by molar-refractivity contribution is 7.90. The van der Waals surface area contributed by atoms with Crippen LogP contribution in [0.5, 0.6) is 0 Å². The highest BCUT2D eigenvalue weighted by Crippen LogP contribution is 2.28. The number of hydrogen-bond donors (Lipinski definition) is 2. The molecule has 1 saturated carbocycles. The van der Waals surface area contributed by atoms with Gasteiger partial charge in [-0.3, -0.25) is 0 Å². The third-order valence-electron chi connectivity index (χ3n) is 5.98. The highest BCUT2D eigenvalue weighted by Gasteiger charge is 2.27. The Labute approximate surface area is 152 Å². The summed E-state index contributed by atoms with van der Waals surface area (Å²) in [5.74, 6) is 0.637. The van der Waals surface area contributed by atoms with Crippen LogP contribution in [0, 0.1) is 5.92 Å². The molecule has 0 aromatic heterocycles. The van der Waals surface area contributed by atoms with Crippen LogP contribution in [0.3, 0.4) is 0 Å². The third-order valence-corrected chi connectivity index (χ3v) is 8.03. The maximum atomic E-state index is 12.2. The molecular formula is C20H32N2O2S. The van der Waals surface area contributed by atoms with Crippen molar-refractivity contribution in [1.82, 2.24) is 4.72 Å². The summed E-state index contributed by atoms with van der Waals surface area (Å²) in [4.78, 5) is 0. The summed E-state index contributed by atoms with van der Waals surface area (Å²) in [6.45, 7) is 4.70. The maximum absolute atomic E-state index is 12.2. The fourth-order valence-corrected chi connectivity index (χ4v) is 5.37. The summed E-state index contributed by atoms with van der Waals surface area (Å²) in [6.07, 6.45) is 8.47. The fourth-order valence-electron chi connectivity index (χ4n) is 4.00. The third kappa shape index (κ3) is 4.76. The van der Waals surface area contributed by atoms with Crippen LogP contribution in [0.1, 0.15) is 63.5 Å². The van der Waals surface area contributed by atoms with Gasteiger partial charge in [0.25, 0.3) is 0 Å². The van der Waals surface area contributed by atoms with E-state index in [-0.39, 0.29) is 11.3 Å². The Bertz CT molecular complexity index is 679. The molecular weight excluding hydrogens is 332 g/mol. The molecule has 0 aliphatic heterocycles. The number of hydrogen-bond acceptors (Lipinski definition) is 3. The van der Waals surface area contributed by atoms with Crippen molar-refractivity contribution in [1.29, 1.82) is 0 Å². The zero-order chi connectivity index (χ0) is 17.9. The quantitative estimate of drug-likeness (QED) is 0.772. The average molecular weight is 365 g/mol. The van der Waals surface area contributed by atoms with Crippen molar-refractivity contribution < 1.29 is 8.42 Å². The van der Waals surface area contributed by atoms with Crippen LogP contribution in [0.25, 0.3) is 0 Å². The topological polar surface area (TPSA) is 58.2 Å². The largest absolute Gasteiger partial charge is 0.385 e. The van der Waals surface area contributed by atoms with E-state index in [9.17, 15) is 8.42 Å². The lowest BCUT2D eigenvalue weighted by Crippen LogP contribution is -2.42. The number of rotatable bonds is 7. The normalized spacial score (nSPS) is 24.7. The first-order valence-corrected chi connectivity index (χ1v) is 11.4. The molecule has 2 N–H and O–H groups in total. The molecule has 2 aliphatic rings. The smallest absolute Gasteiger partial charge is 0.214 e. The van der Waals surface area contributed by atoms with Crippen LogP contribution < -0.4 is 10.0 Å². The van der Waals surface area contributed by atoms with Gasteiger partial charge >= 0.3 is 0 Å². The predicted octanol–water partition coefficient (Wildman–Crippen LogP) is 3.86. The van der Waals surface area contributed by atoms with Gasteiger partial charge in [-0.15, -0.1) is 0 Å². The SMILES string of the molecule is CCC(C)S(=O)(=O)NC1CCC(CNc2ccc3c(c2)CCC3)CC1. The van der Waals surface area contributed by atoms with Crippen LogP contribution in [-0.2, 0) is 22.9 Å². The molecule has 1 aromatic carbocycles. The average Bonchev–Trinajstić information content (AvgIpc) is 3.07. The van der Waals surface area contributed by atoms with E-state index in [1.807, 2.05) is 6.92 Å². The Hall–Kier alpha value is -1.07. The Balaban J connectivity index is 1.44. The van der Waals surface area contributed by atoms with E-state index in [0.717, 1.165) is 32.2 Å². The number of aryl methyl sites for hydroxylation is 2. The van der Waals surface area contributed by atoms with Crippen molar-refractivity contribution in [2.45, 2.75) is 76.5 Å². The van der Waals surface area contributed by atoms with Crippen LogP contribution >= 0.6 is 0 Å². The Morgan fingerprint density at radius 3 is 2.56 bits per heavy atom. The molecule has 0 radical (unpaired) electrons. The van der Waals surface area contributed by atoms with Crippen molar-refractivity contribution in [3.8, 4) is 0 Å². The summed E-state index contributed by atoms with van der Waals surface area (Å²) in [7, 11) is -3.15. The van der Waals surface area contributed by atoms with Gasteiger partial charge in [0.2, 0.25) is 10.0 Å². The van der Waals surface area contributed by atoms with Crippen molar-refractivity contribution >= 4 is 15.7 Å². The molecule has 0 heterocycles. The lowest BCUT2D eigenvalue weighted by molar-refractivity contribution is 0.323. The van der Waals surface area contributed by atoms with Crippen LogP contribution in [0.15, 0.2) is 18.2 Å². The first-order valence-electron chi connectivity index (χ1n) is 9.84. The molecule has 2 aliphatic carbocycles. The molecule has 4 nitrogen and oxygen atoms in total. The minimum absolute atomic E-state index is 0.121. The van der Waals surface area contributed by atoms with E-state index in [1.54, 1.807) is 6.92 Å². The first kappa shape index (κ1) is 18.7. The Morgan fingerprint density at radius 1 is 1.12 bits per heavy atom. The lowest BCUT2D eigenvalue weighted by atomic mass is 9.86. The molecule has 0 amide bonds. The lowest BCUT2D eigenvalue weighted by Gasteiger charge is -2.30. The second-order valence-corrected chi connectivity index (χ2v) is 9.95. The molecule has 0 bridgehead atoms. The molecule has 1 unspecified atom stereocenters. The van der Waals surface area contributed by atoms with Gasteiger partial charge in [0.05, 0.1) is 5.25 Å². The van der Waals surface area contributed by atoms with E-state index >= 15 is 0 Å². The second kappa shape index (κ2) is 8.09. The number of anilines is 1. The van der Waals surface area contributed by atoms with Crippen LogP contribution in [-0.4, -0.2) is 26.3 Å². The highest BCUT2D eigenvalue weighted by atomic mass is 32.2. The minimum atomic E-state index is -3.15. The van der Waals surface area contributed by atoms with Crippen LogP contribution in [0.2, 0.25) is 0 Å². The first-order chi connectivity index (χ1) is 12.0.